The van der Waals surface area contributed by atoms with Crippen LogP contribution < -0.4 is 10.1 Å². The fraction of sp³-hybridized carbons (Fsp3) is 0.235. The van der Waals surface area contributed by atoms with Gasteiger partial charge in [-0.15, -0.1) is 0 Å². The van der Waals surface area contributed by atoms with E-state index in [1.165, 1.54) is 18.2 Å². The maximum absolute atomic E-state index is 12.3. The Morgan fingerprint density at radius 3 is 2.52 bits per heavy atom. The number of amides is 1. The van der Waals surface area contributed by atoms with E-state index < -0.39 is 18.6 Å². The van der Waals surface area contributed by atoms with Crippen LogP contribution in [0.5, 0.6) is 5.75 Å². The van der Waals surface area contributed by atoms with Crippen molar-refractivity contribution in [3.63, 3.8) is 0 Å². The maximum Gasteiger partial charge on any atom is 0.387 e. The van der Waals surface area contributed by atoms with Gasteiger partial charge in [-0.05, 0) is 30.2 Å². The van der Waals surface area contributed by atoms with Gasteiger partial charge in [0.15, 0.2) is 0 Å². The molecule has 2 N–H and O–H groups in total. The first kappa shape index (κ1) is 16.9. The van der Waals surface area contributed by atoms with E-state index in [1.807, 2.05) is 19.1 Å². The highest BCUT2D eigenvalue weighted by atomic mass is 19.3. The highest BCUT2D eigenvalue weighted by molar-refractivity contribution is 5.96. The highest BCUT2D eigenvalue weighted by Crippen LogP contribution is 2.21. The van der Waals surface area contributed by atoms with E-state index in [0.717, 1.165) is 5.56 Å². The topological polar surface area (TPSA) is 58.6 Å². The van der Waals surface area contributed by atoms with Crippen molar-refractivity contribution in [2.45, 2.75) is 19.6 Å². The zero-order valence-corrected chi connectivity index (χ0v) is 12.5. The van der Waals surface area contributed by atoms with Gasteiger partial charge in [-0.2, -0.15) is 8.78 Å². The summed E-state index contributed by atoms with van der Waals surface area (Å²) in [5.41, 5.74) is 1.59. The van der Waals surface area contributed by atoms with Gasteiger partial charge in [-0.3, -0.25) is 4.79 Å². The summed E-state index contributed by atoms with van der Waals surface area (Å²) in [6.07, 6.45) is -0.886. The lowest BCUT2D eigenvalue weighted by Crippen LogP contribution is -2.29. The summed E-state index contributed by atoms with van der Waals surface area (Å²) in [7, 11) is 0. The number of aliphatic hydroxyl groups excluding tert-OH is 1. The Morgan fingerprint density at radius 2 is 1.83 bits per heavy atom. The van der Waals surface area contributed by atoms with E-state index in [2.05, 4.69) is 10.1 Å². The van der Waals surface area contributed by atoms with Gasteiger partial charge in [-0.25, -0.2) is 0 Å². The van der Waals surface area contributed by atoms with Crippen LogP contribution in [-0.4, -0.2) is 24.2 Å². The Morgan fingerprint density at radius 1 is 1.17 bits per heavy atom. The summed E-state index contributed by atoms with van der Waals surface area (Å²) in [4.78, 5) is 12.1. The molecule has 1 unspecified atom stereocenters. The first-order valence-corrected chi connectivity index (χ1v) is 7.04. The number of benzene rings is 2. The van der Waals surface area contributed by atoms with Gasteiger partial charge < -0.3 is 15.2 Å². The van der Waals surface area contributed by atoms with Crippen LogP contribution in [0.1, 0.15) is 27.6 Å². The number of alkyl halides is 2. The van der Waals surface area contributed by atoms with E-state index in [0.29, 0.717) is 5.56 Å². The van der Waals surface area contributed by atoms with Crippen LogP contribution in [0.4, 0.5) is 8.78 Å². The molecule has 0 aliphatic heterocycles. The summed E-state index contributed by atoms with van der Waals surface area (Å²) < 4.78 is 29.0. The molecule has 23 heavy (non-hydrogen) atoms. The average Bonchev–Trinajstić information content (AvgIpc) is 2.52. The predicted molar refractivity (Wildman–Crippen MR) is 81.5 cm³/mol. The highest BCUT2D eigenvalue weighted by Gasteiger charge is 2.17. The number of para-hydroxylation sites is 1. The van der Waals surface area contributed by atoms with E-state index in [1.54, 1.807) is 18.2 Å². The van der Waals surface area contributed by atoms with Crippen molar-refractivity contribution in [3.8, 4) is 5.75 Å². The fourth-order valence-corrected chi connectivity index (χ4v) is 2.21. The second-order valence-corrected chi connectivity index (χ2v) is 4.96. The molecule has 122 valence electrons. The van der Waals surface area contributed by atoms with Crippen molar-refractivity contribution in [1.29, 1.82) is 0 Å². The third-order valence-electron chi connectivity index (χ3n) is 3.35. The minimum Gasteiger partial charge on any atom is -0.434 e. The molecule has 2 aromatic rings. The first-order valence-electron chi connectivity index (χ1n) is 7.04. The first-order chi connectivity index (χ1) is 11.0. The van der Waals surface area contributed by atoms with Crippen molar-refractivity contribution >= 4 is 5.91 Å². The summed E-state index contributed by atoms with van der Waals surface area (Å²) in [5.74, 6) is -0.792. The van der Waals surface area contributed by atoms with Crippen LogP contribution in [0.2, 0.25) is 0 Å². The monoisotopic (exact) mass is 321 g/mol. The second kappa shape index (κ2) is 7.69. The number of carbonyl (C=O) groups excluding carboxylic acids is 1. The molecular weight excluding hydrogens is 304 g/mol. The van der Waals surface area contributed by atoms with Crippen molar-refractivity contribution in [2.75, 3.05) is 6.54 Å². The van der Waals surface area contributed by atoms with Crippen molar-refractivity contribution in [1.82, 2.24) is 5.32 Å². The van der Waals surface area contributed by atoms with E-state index in [9.17, 15) is 18.7 Å². The van der Waals surface area contributed by atoms with Crippen molar-refractivity contribution < 1.29 is 23.4 Å². The quantitative estimate of drug-likeness (QED) is 0.860. The Hall–Kier alpha value is -2.47. The SMILES string of the molecule is Cc1ccccc1C(O)CNC(=O)c1ccccc1OC(F)F. The van der Waals surface area contributed by atoms with Gasteiger partial charge in [0.2, 0.25) is 0 Å². The number of rotatable bonds is 6. The molecule has 0 radical (unpaired) electrons. The molecule has 0 spiro atoms. The lowest BCUT2D eigenvalue weighted by Gasteiger charge is -2.15. The number of nitrogens with one attached hydrogen (secondary N) is 1. The molecule has 4 nitrogen and oxygen atoms in total. The molecule has 0 aliphatic carbocycles. The van der Waals surface area contributed by atoms with E-state index in [-0.39, 0.29) is 17.9 Å². The zero-order valence-electron chi connectivity index (χ0n) is 12.5. The largest absolute Gasteiger partial charge is 0.434 e. The van der Waals surface area contributed by atoms with Crippen LogP contribution in [0.15, 0.2) is 48.5 Å². The molecule has 0 bridgehead atoms. The molecule has 0 heterocycles. The molecule has 1 amide bonds. The Kier molecular flexibility index (Phi) is 5.65. The Bertz CT molecular complexity index is 676. The summed E-state index contributed by atoms with van der Waals surface area (Å²) in [6.45, 7) is -1.19. The number of hydrogen-bond donors (Lipinski definition) is 2. The average molecular weight is 321 g/mol. The number of carbonyl (C=O) groups is 1. The van der Waals surface area contributed by atoms with E-state index >= 15 is 0 Å². The number of hydrogen-bond acceptors (Lipinski definition) is 3. The fourth-order valence-electron chi connectivity index (χ4n) is 2.21. The predicted octanol–water partition coefficient (Wildman–Crippen LogP) is 3.06. The van der Waals surface area contributed by atoms with E-state index in [4.69, 9.17) is 0 Å². The zero-order chi connectivity index (χ0) is 16.8. The Balaban J connectivity index is 2.04. The number of aliphatic hydroxyl groups is 1. The van der Waals surface area contributed by atoms with Gasteiger partial charge >= 0.3 is 6.61 Å². The number of ether oxygens (including phenoxy) is 1. The molecule has 0 aliphatic rings. The molecule has 1 atom stereocenters. The normalized spacial score (nSPS) is 12.0. The molecule has 0 saturated heterocycles. The molecule has 0 saturated carbocycles. The molecule has 2 rings (SSSR count). The van der Waals surface area contributed by atoms with Crippen LogP contribution >= 0.6 is 0 Å². The lowest BCUT2D eigenvalue weighted by molar-refractivity contribution is -0.0501. The minimum atomic E-state index is -3.01. The van der Waals surface area contributed by atoms with Crippen molar-refractivity contribution in [3.05, 3.63) is 65.2 Å². The standard InChI is InChI=1S/C17H17F2NO3/c1-11-6-2-3-7-12(11)14(21)10-20-16(22)13-8-4-5-9-15(13)23-17(18)19/h2-9,14,17,21H,10H2,1H3,(H,20,22). The second-order valence-electron chi connectivity index (χ2n) is 4.96. The van der Waals surface area contributed by atoms with Gasteiger partial charge in [0.1, 0.15) is 5.75 Å². The lowest BCUT2D eigenvalue weighted by atomic mass is 10.0. The molecule has 0 aromatic heterocycles. The van der Waals surface area contributed by atoms with Crippen molar-refractivity contribution in [2.24, 2.45) is 0 Å². The van der Waals surface area contributed by atoms with Gasteiger partial charge in [-0.1, -0.05) is 36.4 Å². The summed E-state index contributed by atoms with van der Waals surface area (Å²) in [5, 5.41) is 12.7. The number of halogens is 2. The third-order valence-corrected chi connectivity index (χ3v) is 3.35. The van der Waals surface area contributed by atoms with Crippen LogP contribution in [-0.2, 0) is 0 Å². The molecule has 6 heteroatoms. The smallest absolute Gasteiger partial charge is 0.387 e. The van der Waals surface area contributed by atoms with Gasteiger partial charge in [0.25, 0.3) is 5.91 Å². The summed E-state index contributed by atoms with van der Waals surface area (Å²) in [6, 6.07) is 13.0. The van der Waals surface area contributed by atoms with Gasteiger partial charge in [0, 0.05) is 6.54 Å². The van der Waals surface area contributed by atoms with Crippen LogP contribution in [0.3, 0.4) is 0 Å². The summed E-state index contributed by atoms with van der Waals surface area (Å²) >= 11 is 0. The third kappa shape index (κ3) is 4.50. The van der Waals surface area contributed by atoms with Gasteiger partial charge in [0.05, 0.1) is 11.7 Å². The molecule has 2 aromatic carbocycles. The van der Waals surface area contributed by atoms with Crippen LogP contribution in [0, 0.1) is 6.92 Å². The maximum atomic E-state index is 12.3. The number of aryl methyl sites for hydroxylation is 1. The Labute approximate surface area is 132 Å². The molecular formula is C17H17F2NO3. The molecule has 0 fully saturated rings. The van der Waals surface area contributed by atoms with Crippen LogP contribution in [0.25, 0.3) is 0 Å². The minimum absolute atomic E-state index is 0.00946.